The van der Waals surface area contributed by atoms with Gasteiger partial charge in [-0.3, -0.25) is 11.3 Å². The van der Waals surface area contributed by atoms with Gasteiger partial charge in [0, 0.05) is 6.61 Å². The number of nitrogens with two attached hydrogens (primary N) is 1. The van der Waals surface area contributed by atoms with Crippen LogP contribution in [-0.4, -0.2) is 18.8 Å². The fraction of sp³-hybridized carbons (Fsp3) is 0.412. The predicted molar refractivity (Wildman–Crippen MR) is 82.4 cm³/mol. The molecule has 2 aromatic carbocycles. The second-order valence-corrected chi connectivity index (χ2v) is 5.52. The van der Waals surface area contributed by atoms with E-state index in [0.717, 1.165) is 19.4 Å². The molecule has 20 heavy (non-hydrogen) atoms. The van der Waals surface area contributed by atoms with Gasteiger partial charge in [-0.2, -0.15) is 0 Å². The molecule has 0 amide bonds. The maximum Gasteiger partial charge on any atom is 0.0744 e. The van der Waals surface area contributed by atoms with Crippen LogP contribution >= 0.6 is 0 Å². The van der Waals surface area contributed by atoms with Crippen LogP contribution in [0.4, 0.5) is 0 Å². The van der Waals surface area contributed by atoms with Crippen LogP contribution < -0.4 is 11.3 Å². The van der Waals surface area contributed by atoms with Crippen molar-refractivity contribution in [2.45, 2.75) is 37.8 Å². The van der Waals surface area contributed by atoms with Crippen LogP contribution in [0.3, 0.4) is 0 Å². The highest BCUT2D eigenvalue weighted by Crippen LogP contribution is 2.23. The van der Waals surface area contributed by atoms with Crippen LogP contribution in [0.25, 0.3) is 10.8 Å². The van der Waals surface area contributed by atoms with Gasteiger partial charge in [-0.15, -0.1) is 0 Å². The smallest absolute Gasteiger partial charge is 0.0744 e. The molecule has 1 heterocycles. The third-order valence-corrected chi connectivity index (χ3v) is 4.20. The molecule has 1 fully saturated rings. The fourth-order valence-corrected chi connectivity index (χ4v) is 3.09. The Bertz CT molecular complexity index is 558. The fourth-order valence-electron chi connectivity index (χ4n) is 3.09. The van der Waals surface area contributed by atoms with Crippen molar-refractivity contribution >= 4 is 10.8 Å². The van der Waals surface area contributed by atoms with Gasteiger partial charge in [0.2, 0.25) is 0 Å². The summed E-state index contributed by atoms with van der Waals surface area (Å²) in [5.74, 6) is 5.77. The molecule has 106 valence electrons. The van der Waals surface area contributed by atoms with Crippen LogP contribution in [0, 0.1) is 0 Å². The zero-order chi connectivity index (χ0) is 13.8. The molecular formula is C17H22N2O. The first-order chi connectivity index (χ1) is 9.88. The third-order valence-electron chi connectivity index (χ3n) is 4.20. The van der Waals surface area contributed by atoms with Crippen molar-refractivity contribution in [1.82, 2.24) is 5.43 Å². The van der Waals surface area contributed by atoms with E-state index in [-0.39, 0.29) is 12.1 Å². The predicted octanol–water partition coefficient (Wildman–Crippen LogP) is 2.78. The Labute approximate surface area is 120 Å². The molecule has 1 aliphatic heterocycles. The normalized spacial score (nSPS) is 20.9. The number of fused-ring (bicyclic) bond motifs is 1. The molecule has 0 aliphatic carbocycles. The molecule has 0 saturated carbocycles. The van der Waals surface area contributed by atoms with Crippen molar-refractivity contribution in [3.63, 3.8) is 0 Å². The molecule has 3 heteroatoms. The highest BCUT2D eigenvalue weighted by atomic mass is 16.5. The number of rotatable bonds is 4. The number of benzene rings is 2. The molecule has 1 aliphatic rings. The van der Waals surface area contributed by atoms with E-state index in [9.17, 15) is 0 Å². The summed E-state index contributed by atoms with van der Waals surface area (Å²) >= 11 is 0. The van der Waals surface area contributed by atoms with Crippen LogP contribution in [0.5, 0.6) is 0 Å². The molecular weight excluding hydrogens is 248 g/mol. The lowest BCUT2D eigenvalue weighted by molar-refractivity contribution is -0.00737. The van der Waals surface area contributed by atoms with E-state index in [1.54, 1.807) is 0 Å². The Hall–Kier alpha value is -1.42. The number of ether oxygens (including phenoxy) is 1. The first-order valence-corrected chi connectivity index (χ1v) is 7.43. The maximum atomic E-state index is 5.87. The standard InChI is InChI=1S/C17H22N2O/c18-19-16(17-10-3-4-11-20-17)12-14-8-5-7-13-6-1-2-9-15(13)14/h1-2,5-9,16-17,19H,3-4,10-12,18H2. The summed E-state index contributed by atoms with van der Waals surface area (Å²) in [4.78, 5) is 0. The Morgan fingerprint density at radius 2 is 2.00 bits per heavy atom. The molecule has 0 bridgehead atoms. The number of nitrogens with one attached hydrogen (secondary N) is 1. The second-order valence-electron chi connectivity index (χ2n) is 5.52. The molecule has 0 radical (unpaired) electrons. The first kappa shape index (κ1) is 13.6. The molecule has 3 rings (SSSR count). The minimum atomic E-state index is 0.182. The molecule has 3 nitrogen and oxygen atoms in total. The van der Waals surface area contributed by atoms with Crippen LogP contribution in [0.15, 0.2) is 42.5 Å². The van der Waals surface area contributed by atoms with Crippen LogP contribution in [-0.2, 0) is 11.2 Å². The van der Waals surface area contributed by atoms with Gasteiger partial charge in [0.1, 0.15) is 0 Å². The molecule has 2 unspecified atom stereocenters. The van der Waals surface area contributed by atoms with Gasteiger partial charge in [-0.05, 0) is 42.0 Å². The Morgan fingerprint density at radius 1 is 1.15 bits per heavy atom. The third kappa shape index (κ3) is 2.85. The average Bonchev–Trinajstić information content (AvgIpc) is 2.53. The van der Waals surface area contributed by atoms with Crippen molar-refractivity contribution in [2.24, 2.45) is 5.84 Å². The van der Waals surface area contributed by atoms with Crippen LogP contribution in [0.1, 0.15) is 24.8 Å². The van der Waals surface area contributed by atoms with E-state index in [1.807, 2.05) is 0 Å². The first-order valence-electron chi connectivity index (χ1n) is 7.43. The van der Waals surface area contributed by atoms with Crippen molar-refractivity contribution < 1.29 is 4.74 Å². The Balaban J connectivity index is 1.83. The Kier molecular flexibility index (Phi) is 4.31. The zero-order valence-corrected chi connectivity index (χ0v) is 11.7. The van der Waals surface area contributed by atoms with E-state index in [4.69, 9.17) is 10.6 Å². The highest BCUT2D eigenvalue weighted by Gasteiger charge is 2.24. The summed E-state index contributed by atoms with van der Waals surface area (Å²) in [7, 11) is 0. The summed E-state index contributed by atoms with van der Waals surface area (Å²) in [6.07, 6.45) is 4.63. The van der Waals surface area contributed by atoms with Crippen molar-refractivity contribution in [1.29, 1.82) is 0 Å². The van der Waals surface area contributed by atoms with Gasteiger partial charge in [0.15, 0.2) is 0 Å². The number of hydrogen-bond donors (Lipinski definition) is 2. The summed E-state index contributed by atoms with van der Waals surface area (Å²) in [6.45, 7) is 0.860. The monoisotopic (exact) mass is 270 g/mol. The summed E-state index contributed by atoms with van der Waals surface area (Å²) in [6, 6.07) is 15.1. The highest BCUT2D eigenvalue weighted by molar-refractivity contribution is 5.85. The quantitative estimate of drug-likeness (QED) is 0.663. The van der Waals surface area contributed by atoms with Crippen molar-refractivity contribution in [3.8, 4) is 0 Å². The van der Waals surface area contributed by atoms with Crippen molar-refractivity contribution in [2.75, 3.05) is 6.61 Å². The summed E-state index contributed by atoms with van der Waals surface area (Å²) in [5.41, 5.74) is 4.29. The molecule has 1 saturated heterocycles. The second kappa shape index (κ2) is 6.35. The summed E-state index contributed by atoms with van der Waals surface area (Å²) < 4.78 is 5.87. The van der Waals surface area contributed by atoms with Gasteiger partial charge in [-0.25, -0.2) is 0 Å². The minimum Gasteiger partial charge on any atom is -0.377 e. The van der Waals surface area contributed by atoms with Gasteiger partial charge < -0.3 is 4.74 Å². The van der Waals surface area contributed by atoms with Gasteiger partial charge in [-0.1, -0.05) is 42.5 Å². The van der Waals surface area contributed by atoms with E-state index >= 15 is 0 Å². The van der Waals surface area contributed by atoms with E-state index in [0.29, 0.717) is 0 Å². The lowest BCUT2D eigenvalue weighted by atomic mass is 9.93. The molecule has 0 spiro atoms. The lowest BCUT2D eigenvalue weighted by Crippen LogP contribution is -2.47. The van der Waals surface area contributed by atoms with Gasteiger partial charge in [0.05, 0.1) is 12.1 Å². The molecule has 0 aromatic heterocycles. The summed E-state index contributed by atoms with van der Waals surface area (Å²) in [5, 5.41) is 2.59. The molecule has 2 atom stereocenters. The maximum absolute atomic E-state index is 5.87. The minimum absolute atomic E-state index is 0.182. The topological polar surface area (TPSA) is 47.3 Å². The average molecular weight is 270 g/mol. The van der Waals surface area contributed by atoms with E-state index in [2.05, 4.69) is 47.9 Å². The van der Waals surface area contributed by atoms with Gasteiger partial charge >= 0.3 is 0 Å². The van der Waals surface area contributed by atoms with Gasteiger partial charge in [0.25, 0.3) is 0 Å². The van der Waals surface area contributed by atoms with E-state index < -0.39 is 0 Å². The number of hydrogen-bond acceptors (Lipinski definition) is 3. The molecule has 3 N–H and O–H groups in total. The van der Waals surface area contributed by atoms with Crippen molar-refractivity contribution in [3.05, 3.63) is 48.0 Å². The largest absolute Gasteiger partial charge is 0.377 e. The Morgan fingerprint density at radius 3 is 2.80 bits per heavy atom. The number of hydrazine groups is 1. The van der Waals surface area contributed by atoms with E-state index in [1.165, 1.54) is 29.2 Å². The SMILES string of the molecule is NNC(Cc1cccc2ccccc12)C1CCCCO1. The lowest BCUT2D eigenvalue weighted by Gasteiger charge is -2.30. The molecule has 2 aromatic rings. The van der Waals surface area contributed by atoms with Crippen LogP contribution in [0.2, 0.25) is 0 Å². The zero-order valence-electron chi connectivity index (χ0n) is 11.7.